The monoisotopic (exact) mass is 262 g/mol. The van der Waals surface area contributed by atoms with Gasteiger partial charge in [0.15, 0.2) is 0 Å². The van der Waals surface area contributed by atoms with Crippen LogP contribution in [0.4, 0.5) is 0 Å². The molecule has 0 fully saturated rings. The number of hydrogen-bond donors (Lipinski definition) is 3. The molecule has 1 rings (SSSR count). The zero-order valence-electron chi connectivity index (χ0n) is 9.04. The van der Waals surface area contributed by atoms with Gasteiger partial charge >= 0.3 is 5.97 Å². The van der Waals surface area contributed by atoms with Crippen LogP contribution in [0.25, 0.3) is 0 Å². The molecule has 0 aliphatic carbocycles. The minimum Gasteiger partial charge on any atom is -0.480 e. The molecule has 17 heavy (non-hydrogen) atoms. The maximum atomic E-state index is 11.7. The van der Waals surface area contributed by atoms with E-state index in [0.717, 1.165) is 10.9 Å². The molecule has 0 saturated heterocycles. The Kier molecular flexibility index (Phi) is 4.61. The number of nitrogens with two attached hydrogens (primary N) is 1. The predicted molar refractivity (Wildman–Crippen MR) is 58.7 cm³/mol. The lowest BCUT2D eigenvalue weighted by molar-refractivity contribution is -0.137. The van der Waals surface area contributed by atoms with Gasteiger partial charge in [-0.15, -0.1) is 0 Å². The SMILES string of the molecule is NCCCNS(=O)(=O)c1cnn(CC(=O)O)c1. The van der Waals surface area contributed by atoms with Crippen LogP contribution in [0.5, 0.6) is 0 Å². The number of rotatable bonds is 7. The summed E-state index contributed by atoms with van der Waals surface area (Å²) in [5.41, 5.74) is 5.24. The molecule has 0 radical (unpaired) electrons. The summed E-state index contributed by atoms with van der Waals surface area (Å²) in [5, 5.41) is 12.2. The van der Waals surface area contributed by atoms with Crippen molar-refractivity contribution in [2.24, 2.45) is 5.73 Å². The van der Waals surface area contributed by atoms with Gasteiger partial charge in [0.05, 0.1) is 6.20 Å². The molecule has 0 aliphatic heterocycles. The number of sulfonamides is 1. The topological polar surface area (TPSA) is 127 Å². The molecule has 0 saturated carbocycles. The summed E-state index contributed by atoms with van der Waals surface area (Å²) in [6, 6.07) is 0. The lowest BCUT2D eigenvalue weighted by atomic mass is 10.4. The molecule has 1 heterocycles. The molecule has 1 aromatic rings. The number of carboxylic acid groups (broad SMARTS) is 1. The smallest absolute Gasteiger partial charge is 0.325 e. The molecule has 0 spiro atoms. The lowest BCUT2D eigenvalue weighted by Crippen LogP contribution is -2.26. The van der Waals surface area contributed by atoms with Crippen molar-refractivity contribution in [2.45, 2.75) is 17.9 Å². The van der Waals surface area contributed by atoms with Crippen molar-refractivity contribution >= 4 is 16.0 Å². The Morgan fingerprint density at radius 2 is 2.29 bits per heavy atom. The third kappa shape index (κ3) is 4.13. The molecule has 0 bridgehead atoms. The van der Waals surface area contributed by atoms with E-state index in [1.807, 2.05) is 0 Å². The highest BCUT2D eigenvalue weighted by atomic mass is 32.2. The Morgan fingerprint density at radius 1 is 1.59 bits per heavy atom. The highest BCUT2D eigenvalue weighted by molar-refractivity contribution is 7.89. The van der Waals surface area contributed by atoms with E-state index in [9.17, 15) is 13.2 Å². The van der Waals surface area contributed by atoms with Crippen LogP contribution in [0.1, 0.15) is 6.42 Å². The Morgan fingerprint density at radius 3 is 2.88 bits per heavy atom. The highest BCUT2D eigenvalue weighted by Crippen LogP contribution is 2.06. The number of aromatic nitrogens is 2. The van der Waals surface area contributed by atoms with Gasteiger partial charge < -0.3 is 10.8 Å². The summed E-state index contributed by atoms with van der Waals surface area (Å²) < 4.78 is 26.7. The summed E-state index contributed by atoms with van der Waals surface area (Å²) in [4.78, 5) is 10.3. The third-order valence-corrected chi connectivity index (χ3v) is 3.31. The third-order valence-electron chi connectivity index (χ3n) is 1.89. The van der Waals surface area contributed by atoms with Crippen LogP contribution in [-0.2, 0) is 21.4 Å². The Labute approximate surface area is 98.5 Å². The summed E-state index contributed by atoms with van der Waals surface area (Å²) in [6.45, 7) is 0.252. The van der Waals surface area contributed by atoms with E-state index >= 15 is 0 Å². The standard InChI is InChI=1S/C8H14N4O4S/c9-2-1-3-11-17(15,16)7-4-10-12(5-7)6-8(13)14/h4-5,11H,1-3,6,9H2,(H,13,14). The summed E-state index contributed by atoms with van der Waals surface area (Å²) in [6.07, 6.45) is 2.80. The molecular weight excluding hydrogens is 248 g/mol. The molecule has 0 atom stereocenters. The van der Waals surface area contributed by atoms with Crippen LogP contribution in [0.15, 0.2) is 17.3 Å². The molecule has 8 nitrogen and oxygen atoms in total. The van der Waals surface area contributed by atoms with Crippen LogP contribution in [0.3, 0.4) is 0 Å². The van der Waals surface area contributed by atoms with E-state index in [1.54, 1.807) is 0 Å². The zero-order valence-corrected chi connectivity index (χ0v) is 9.85. The molecule has 0 aliphatic rings. The first kappa shape index (κ1) is 13.6. The molecule has 96 valence electrons. The van der Waals surface area contributed by atoms with Crippen LogP contribution in [-0.4, -0.2) is 42.4 Å². The minimum absolute atomic E-state index is 0.0595. The van der Waals surface area contributed by atoms with Crippen molar-refractivity contribution in [3.8, 4) is 0 Å². The number of carboxylic acids is 1. The zero-order chi connectivity index (χ0) is 12.9. The number of carbonyl (C=O) groups is 1. The molecule has 1 aromatic heterocycles. The minimum atomic E-state index is -3.63. The maximum Gasteiger partial charge on any atom is 0.325 e. The van der Waals surface area contributed by atoms with Crippen molar-refractivity contribution in [3.63, 3.8) is 0 Å². The fraction of sp³-hybridized carbons (Fsp3) is 0.500. The number of nitrogens with one attached hydrogen (secondary N) is 1. The van der Waals surface area contributed by atoms with Crippen molar-refractivity contribution in [1.82, 2.24) is 14.5 Å². The van der Waals surface area contributed by atoms with Gasteiger partial charge in [-0.1, -0.05) is 0 Å². The molecular formula is C8H14N4O4S. The predicted octanol–water partition coefficient (Wildman–Crippen LogP) is -1.41. The molecule has 0 unspecified atom stereocenters. The van der Waals surface area contributed by atoms with E-state index in [-0.39, 0.29) is 18.0 Å². The fourth-order valence-electron chi connectivity index (χ4n) is 1.10. The fourth-order valence-corrected chi connectivity index (χ4v) is 2.13. The largest absolute Gasteiger partial charge is 0.480 e. The normalized spacial score (nSPS) is 11.6. The first-order valence-electron chi connectivity index (χ1n) is 4.89. The number of nitrogens with zero attached hydrogens (tertiary/aromatic N) is 2. The Balaban J connectivity index is 2.71. The van der Waals surface area contributed by atoms with E-state index in [1.165, 1.54) is 6.20 Å². The quantitative estimate of drug-likeness (QED) is 0.518. The van der Waals surface area contributed by atoms with Gasteiger partial charge in [0.25, 0.3) is 0 Å². The Bertz CT molecular complexity index is 481. The van der Waals surface area contributed by atoms with Crippen molar-refractivity contribution in [2.75, 3.05) is 13.1 Å². The first-order chi connectivity index (χ1) is 7.95. The second-order valence-electron chi connectivity index (χ2n) is 3.31. The highest BCUT2D eigenvalue weighted by Gasteiger charge is 2.16. The number of hydrogen-bond acceptors (Lipinski definition) is 5. The van der Waals surface area contributed by atoms with E-state index in [0.29, 0.717) is 13.0 Å². The second kappa shape index (κ2) is 5.75. The average Bonchev–Trinajstić information content (AvgIpc) is 2.66. The summed E-state index contributed by atoms with van der Waals surface area (Å²) >= 11 is 0. The van der Waals surface area contributed by atoms with Gasteiger partial charge in [0, 0.05) is 12.7 Å². The first-order valence-corrected chi connectivity index (χ1v) is 6.38. The van der Waals surface area contributed by atoms with E-state index in [2.05, 4.69) is 9.82 Å². The average molecular weight is 262 g/mol. The molecule has 0 amide bonds. The van der Waals surface area contributed by atoms with Gasteiger partial charge in [-0.2, -0.15) is 5.10 Å². The van der Waals surface area contributed by atoms with Crippen LogP contribution < -0.4 is 10.5 Å². The molecule has 9 heteroatoms. The maximum absolute atomic E-state index is 11.7. The Hall–Kier alpha value is -1.45. The van der Waals surface area contributed by atoms with Crippen molar-refractivity contribution < 1.29 is 18.3 Å². The second-order valence-corrected chi connectivity index (χ2v) is 5.07. The van der Waals surface area contributed by atoms with Crippen molar-refractivity contribution in [3.05, 3.63) is 12.4 Å². The van der Waals surface area contributed by atoms with Gasteiger partial charge in [0.2, 0.25) is 10.0 Å². The van der Waals surface area contributed by atoms with Crippen molar-refractivity contribution in [1.29, 1.82) is 0 Å². The van der Waals surface area contributed by atoms with Gasteiger partial charge in [-0.25, -0.2) is 13.1 Å². The molecule has 4 N–H and O–H groups in total. The van der Waals surface area contributed by atoms with E-state index in [4.69, 9.17) is 10.8 Å². The van der Waals surface area contributed by atoms with Gasteiger partial charge in [0.1, 0.15) is 11.4 Å². The lowest BCUT2D eigenvalue weighted by Gasteiger charge is -2.02. The van der Waals surface area contributed by atoms with Crippen LogP contribution in [0.2, 0.25) is 0 Å². The van der Waals surface area contributed by atoms with Crippen LogP contribution in [0, 0.1) is 0 Å². The number of aliphatic carboxylic acids is 1. The molecule has 0 aromatic carbocycles. The summed E-state index contributed by atoms with van der Waals surface area (Å²) in [7, 11) is -3.63. The van der Waals surface area contributed by atoms with Gasteiger partial charge in [-0.3, -0.25) is 9.48 Å². The van der Waals surface area contributed by atoms with Gasteiger partial charge in [-0.05, 0) is 13.0 Å². The van der Waals surface area contributed by atoms with Crippen LogP contribution >= 0.6 is 0 Å². The summed E-state index contributed by atoms with van der Waals surface area (Å²) in [5.74, 6) is -1.09. The van der Waals surface area contributed by atoms with E-state index < -0.39 is 16.0 Å².